The van der Waals surface area contributed by atoms with Gasteiger partial charge in [-0.3, -0.25) is 0 Å². The Morgan fingerprint density at radius 1 is 1.28 bits per heavy atom. The summed E-state index contributed by atoms with van der Waals surface area (Å²) in [4.78, 5) is 4.31. The highest BCUT2D eigenvalue weighted by Gasteiger charge is 2.22. The molecule has 1 aromatic carbocycles. The number of hydrogen-bond donors (Lipinski definition) is 0. The third-order valence-electron chi connectivity index (χ3n) is 3.59. The highest BCUT2D eigenvalue weighted by atomic mass is 79.9. The molecule has 2 rings (SSSR count). The standard InChI is InChI=1S/C15H19BrN2/c1-4-15(2,3)14-9-17-11-18(14)10-12-7-5-6-8-13(12)16/h5-9,11H,4,10H2,1-3H3. The number of halogens is 1. The molecule has 1 aromatic heterocycles. The quantitative estimate of drug-likeness (QED) is 0.819. The third-order valence-corrected chi connectivity index (χ3v) is 4.36. The van der Waals surface area contributed by atoms with Crippen molar-refractivity contribution < 1.29 is 0 Å². The fraction of sp³-hybridized carbons (Fsp3) is 0.400. The molecular weight excluding hydrogens is 288 g/mol. The molecule has 0 N–H and O–H groups in total. The molecule has 0 aliphatic carbocycles. The van der Waals surface area contributed by atoms with Gasteiger partial charge in [-0.25, -0.2) is 4.98 Å². The van der Waals surface area contributed by atoms with Crippen LogP contribution in [-0.4, -0.2) is 9.55 Å². The lowest BCUT2D eigenvalue weighted by Gasteiger charge is -2.24. The van der Waals surface area contributed by atoms with Gasteiger partial charge < -0.3 is 4.57 Å². The first kappa shape index (κ1) is 13.3. The van der Waals surface area contributed by atoms with Gasteiger partial charge in [0.05, 0.1) is 6.33 Å². The summed E-state index contributed by atoms with van der Waals surface area (Å²) in [6, 6.07) is 8.34. The SMILES string of the molecule is CCC(C)(C)c1cncn1Cc1ccccc1Br. The average molecular weight is 307 g/mol. The molecule has 18 heavy (non-hydrogen) atoms. The molecule has 2 aromatic rings. The van der Waals surface area contributed by atoms with Gasteiger partial charge in [0.15, 0.2) is 0 Å². The molecule has 0 radical (unpaired) electrons. The predicted octanol–water partition coefficient (Wildman–Crippen LogP) is 4.38. The molecule has 3 heteroatoms. The van der Waals surface area contributed by atoms with Crippen LogP contribution in [0.25, 0.3) is 0 Å². The number of aromatic nitrogens is 2. The lowest BCUT2D eigenvalue weighted by Crippen LogP contribution is -2.20. The first-order chi connectivity index (χ1) is 8.54. The van der Waals surface area contributed by atoms with E-state index in [4.69, 9.17) is 0 Å². The van der Waals surface area contributed by atoms with Crippen LogP contribution in [-0.2, 0) is 12.0 Å². The van der Waals surface area contributed by atoms with Crippen LogP contribution in [0.3, 0.4) is 0 Å². The van der Waals surface area contributed by atoms with Gasteiger partial charge in [0.1, 0.15) is 0 Å². The maximum Gasteiger partial charge on any atom is 0.0951 e. The van der Waals surface area contributed by atoms with Crippen LogP contribution >= 0.6 is 15.9 Å². The summed E-state index contributed by atoms with van der Waals surface area (Å²) < 4.78 is 3.39. The highest BCUT2D eigenvalue weighted by molar-refractivity contribution is 9.10. The topological polar surface area (TPSA) is 17.8 Å². The van der Waals surface area contributed by atoms with Crippen LogP contribution in [0.2, 0.25) is 0 Å². The van der Waals surface area contributed by atoms with E-state index in [9.17, 15) is 0 Å². The molecule has 0 saturated heterocycles. The van der Waals surface area contributed by atoms with E-state index < -0.39 is 0 Å². The van der Waals surface area contributed by atoms with E-state index in [2.05, 4.69) is 64.5 Å². The van der Waals surface area contributed by atoms with Gasteiger partial charge in [-0.2, -0.15) is 0 Å². The summed E-state index contributed by atoms with van der Waals surface area (Å²) in [5, 5.41) is 0. The van der Waals surface area contributed by atoms with Crippen molar-refractivity contribution in [3.05, 3.63) is 52.5 Å². The molecule has 1 heterocycles. The number of benzene rings is 1. The summed E-state index contributed by atoms with van der Waals surface area (Å²) in [5.74, 6) is 0. The van der Waals surface area contributed by atoms with E-state index >= 15 is 0 Å². The molecular formula is C15H19BrN2. The normalized spacial score (nSPS) is 11.8. The van der Waals surface area contributed by atoms with E-state index in [0.717, 1.165) is 17.4 Å². The monoisotopic (exact) mass is 306 g/mol. The lowest BCUT2D eigenvalue weighted by molar-refractivity contribution is 0.466. The zero-order valence-electron chi connectivity index (χ0n) is 11.2. The van der Waals surface area contributed by atoms with E-state index in [0.29, 0.717) is 0 Å². The molecule has 0 aliphatic heterocycles. The zero-order valence-corrected chi connectivity index (χ0v) is 12.7. The molecule has 96 valence electrons. The number of rotatable bonds is 4. The van der Waals surface area contributed by atoms with E-state index in [1.54, 1.807) is 0 Å². The summed E-state index contributed by atoms with van der Waals surface area (Å²) >= 11 is 3.60. The van der Waals surface area contributed by atoms with Crippen molar-refractivity contribution in [3.8, 4) is 0 Å². The zero-order chi connectivity index (χ0) is 13.2. The largest absolute Gasteiger partial charge is 0.330 e. The molecule has 0 unspecified atom stereocenters. The van der Waals surface area contributed by atoms with E-state index in [1.165, 1.54) is 11.3 Å². The van der Waals surface area contributed by atoms with Crippen LogP contribution in [0.5, 0.6) is 0 Å². The Morgan fingerprint density at radius 2 is 2.00 bits per heavy atom. The number of nitrogens with zero attached hydrogens (tertiary/aromatic N) is 2. The molecule has 0 atom stereocenters. The molecule has 0 aliphatic rings. The molecule has 0 saturated carbocycles. The smallest absolute Gasteiger partial charge is 0.0951 e. The highest BCUT2D eigenvalue weighted by Crippen LogP contribution is 2.27. The minimum Gasteiger partial charge on any atom is -0.330 e. The molecule has 2 nitrogen and oxygen atoms in total. The Morgan fingerprint density at radius 3 is 2.67 bits per heavy atom. The second-order valence-electron chi connectivity index (χ2n) is 5.24. The van der Waals surface area contributed by atoms with Gasteiger partial charge in [-0.05, 0) is 18.1 Å². The second-order valence-corrected chi connectivity index (χ2v) is 6.09. The van der Waals surface area contributed by atoms with Crippen molar-refractivity contribution in [2.75, 3.05) is 0 Å². The van der Waals surface area contributed by atoms with Crippen molar-refractivity contribution >= 4 is 15.9 Å². The van der Waals surface area contributed by atoms with Crippen molar-refractivity contribution in [2.24, 2.45) is 0 Å². The Hall–Kier alpha value is -1.09. The second kappa shape index (κ2) is 5.27. The maximum atomic E-state index is 4.31. The Bertz CT molecular complexity index is 529. The lowest BCUT2D eigenvalue weighted by atomic mass is 9.86. The summed E-state index contributed by atoms with van der Waals surface area (Å²) in [7, 11) is 0. The molecule has 0 amide bonds. The van der Waals surface area contributed by atoms with Crippen LogP contribution in [0, 0.1) is 0 Å². The van der Waals surface area contributed by atoms with Crippen molar-refractivity contribution in [2.45, 2.75) is 39.2 Å². The average Bonchev–Trinajstić information content (AvgIpc) is 2.81. The molecule has 0 bridgehead atoms. The Balaban J connectivity index is 2.32. The molecule has 0 spiro atoms. The van der Waals surface area contributed by atoms with Crippen molar-refractivity contribution in [3.63, 3.8) is 0 Å². The van der Waals surface area contributed by atoms with Gasteiger partial charge in [-0.1, -0.05) is 54.9 Å². The van der Waals surface area contributed by atoms with Gasteiger partial charge >= 0.3 is 0 Å². The first-order valence-corrected chi connectivity index (χ1v) is 7.08. The minimum atomic E-state index is 0.164. The van der Waals surface area contributed by atoms with Gasteiger partial charge in [-0.15, -0.1) is 0 Å². The fourth-order valence-corrected chi connectivity index (χ4v) is 2.41. The fourth-order valence-electron chi connectivity index (χ4n) is 2.00. The number of imidazole rings is 1. The van der Waals surface area contributed by atoms with Crippen LogP contribution in [0.4, 0.5) is 0 Å². The summed E-state index contributed by atoms with van der Waals surface area (Å²) in [5.41, 5.74) is 2.74. The first-order valence-electron chi connectivity index (χ1n) is 6.28. The minimum absolute atomic E-state index is 0.164. The van der Waals surface area contributed by atoms with Gasteiger partial charge in [0.25, 0.3) is 0 Å². The summed E-state index contributed by atoms with van der Waals surface area (Å²) in [6.07, 6.45) is 5.02. The Kier molecular flexibility index (Phi) is 3.91. The van der Waals surface area contributed by atoms with Crippen molar-refractivity contribution in [1.29, 1.82) is 0 Å². The Labute approximate surface area is 117 Å². The summed E-state index contributed by atoms with van der Waals surface area (Å²) in [6.45, 7) is 7.61. The van der Waals surface area contributed by atoms with E-state index in [-0.39, 0.29) is 5.41 Å². The maximum absolute atomic E-state index is 4.31. The van der Waals surface area contributed by atoms with Crippen LogP contribution < -0.4 is 0 Å². The van der Waals surface area contributed by atoms with Crippen molar-refractivity contribution in [1.82, 2.24) is 9.55 Å². The van der Waals surface area contributed by atoms with Gasteiger partial charge in [0, 0.05) is 28.3 Å². The third kappa shape index (κ3) is 2.66. The van der Waals surface area contributed by atoms with E-state index in [1.807, 2.05) is 18.6 Å². The van der Waals surface area contributed by atoms with Crippen LogP contribution in [0.1, 0.15) is 38.4 Å². The predicted molar refractivity (Wildman–Crippen MR) is 78.8 cm³/mol. The number of hydrogen-bond acceptors (Lipinski definition) is 1. The molecule has 0 fully saturated rings. The van der Waals surface area contributed by atoms with Gasteiger partial charge in [0.2, 0.25) is 0 Å². The van der Waals surface area contributed by atoms with Crippen LogP contribution in [0.15, 0.2) is 41.3 Å².